The maximum Gasteiger partial charge on any atom is 0.304 e. The van der Waals surface area contributed by atoms with Gasteiger partial charge in [-0.25, -0.2) is 0 Å². The van der Waals surface area contributed by atoms with Gasteiger partial charge in [-0.2, -0.15) is 0 Å². The summed E-state index contributed by atoms with van der Waals surface area (Å²) in [5.74, 6) is -1.50. The average Bonchev–Trinajstić information content (AvgIpc) is 2.46. The van der Waals surface area contributed by atoms with Crippen molar-refractivity contribution in [2.75, 3.05) is 20.1 Å². The van der Waals surface area contributed by atoms with Gasteiger partial charge in [-0.1, -0.05) is 25.5 Å². The van der Waals surface area contributed by atoms with Crippen molar-refractivity contribution < 1.29 is 14.7 Å². The second-order valence-electron chi connectivity index (χ2n) is 6.07. The van der Waals surface area contributed by atoms with Crippen LogP contribution < -0.4 is 0 Å². The monoisotopic (exact) mass is 305 g/mol. The Morgan fingerprint density at radius 1 is 1.23 bits per heavy atom. The fraction of sp³-hybridized carbons (Fsp3) is 0.556. The molecule has 0 aliphatic heterocycles. The molecular formula is C18H27NO3. The highest BCUT2D eigenvalue weighted by Gasteiger charge is 2.24. The highest BCUT2D eigenvalue weighted by atomic mass is 16.4. The number of nitrogens with zero attached hydrogens (tertiary/aromatic N) is 1. The van der Waals surface area contributed by atoms with E-state index in [2.05, 4.69) is 11.8 Å². The second-order valence-corrected chi connectivity index (χ2v) is 6.07. The van der Waals surface area contributed by atoms with Gasteiger partial charge in [0.05, 0.1) is 6.42 Å². The zero-order chi connectivity index (χ0) is 16.7. The van der Waals surface area contributed by atoms with Crippen molar-refractivity contribution in [2.24, 2.45) is 5.92 Å². The van der Waals surface area contributed by atoms with Gasteiger partial charge in [-0.05, 0) is 51.1 Å². The van der Waals surface area contributed by atoms with Crippen molar-refractivity contribution in [3.8, 4) is 0 Å². The molecule has 1 unspecified atom stereocenters. The maximum absolute atomic E-state index is 12.7. The van der Waals surface area contributed by atoms with Crippen LogP contribution in [-0.4, -0.2) is 41.9 Å². The molecule has 1 aromatic carbocycles. The topological polar surface area (TPSA) is 57.6 Å². The highest BCUT2D eigenvalue weighted by Crippen LogP contribution is 2.17. The van der Waals surface area contributed by atoms with E-state index in [0.29, 0.717) is 12.1 Å². The molecule has 0 bridgehead atoms. The Kier molecular flexibility index (Phi) is 7.25. The molecule has 0 aromatic heterocycles. The van der Waals surface area contributed by atoms with Gasteiger partial charge in [0.15, 0.2) is 5.78 Å². The van der Waals surface area contributed by atoms with Crippen molar-refractivity contribution in [3.63, 3.8) is 0 Å². The van der Waals surface area contributed by atoms with Gasteiger partial charge in [0.2, 0.25) is 0 Å². The van der Waals surface area contributed by atoms with Gasteiger partial charge >= 0.3 is 5.97 Å². The van der Waals surface area contributed by atoms with E-state index in [9.17, 15) is 9.59 Å². The van der Waals surface area contributed by atoms with E-state index in [1.54, 1.807) is 6.07 Å². The van der Waals surface area contributed by atoms with E-state index in [4.69, 9.17) is 5.11 Å². The molecule has 4 nitrogen and oxygen atoms in total. The Morgan fingerprint density at radius 2 is 1.91 bits per heavy atom. The number of carbonyl (C=O) groups is 2. The summed E-state index contributed by atoms with van der Waals surface area (Å²) in [4.78, 5) is 25.8. The van der Waals surface area contributed by atoms with Crippen LogP contribution in [0.3, 0.4) is 0 Å². The molecule has 0 saturated heterocycles. The van der Waals surface area contributed by atoms with Gasteiger partial charge in [-0.15, -0.1) is 0 Å². The third-order valence-electron chi connectivity index (χ3n) is 4.01. The van der Waals surface area contributed by atoms with Gasteiger partial charge in [0, 0.05) is 18.0 Å². The minimum absolute atomic E-state index is 0.0751. The van der Waals surface area contributed by atoms with Crippen LogP contribution in [0.1, 0.15) is 47.7 Å². The first-order valence-corrected chi connectivity index (χ1v) is 7.87. The zero-order valence-corrected chi connectivity index (χ0v) is 14.1. The highest BCUT2D eigenvalue weighted by molar-refractivity contribution is 5.99. The first-order valence-electron chi connectivity index (χ1n) is 7.87. The minimum Gasteiger partial charge on any atom is -0.481 e. The van der Waals surface area contributed by atoms with E-state index in [1.807, 2.05) is 33.0 Å². The lowest BCUT2D eigenvalue weighted by Gasteiger charge is -2.22. The lowest BCUT2D eigenvalue weighted by atomic mass is 9.92. The van der Waals surface area contributed by atoms with Crippen molar-refractivity contribution in [2.45, 2.75) is 40.0 Å². The Morgan fingerprint density at radius 3 is 2.45 bits per heavy atom. The van der Waals surface area contributed by atoms with Crippen LogP contribution >= 0.6 is 0 Å². The van der Waals surface area contributed by atoms with Gasteiger partial charge in [0.25, 0.3) is 0 Å². The number of unbranched alkanes of at least 4 members (excludes halogenated alkanes) is 1. The van der Waals surface area contributed by atoms with E-state index < -0.39 is 11.9 Å². The number of aryl methyl sites for hydroxylation is 2. The smallest absolute Gasteiger partial charge is 0.304 e. The summed E-state index contributed by atoms with van der Waals surface area (Å²) in [7, 11) is 1.94. The number of ketones is 1. The van der Waals surface area contributed by atoms with Crippen molar-refractivity contribution in [3.05, 3.63) is 34.9 Å². The molecule has 1 atom stereocenters. The second kappa shape index (κ2) is 8.69. The predicted molar refractivity (Wildman–Crippen MR) is 88.4 cm³/mol. The van der Waals surface area contributed by atoms with Gasteiger partial charge < -0.3 is 10.0 Å². The Bertz CT molecular complexity index is 525. The molecular weight excluding hydrogens is 278 g/mol. The largest absolute Gasteiger partial charge is 0.481 e. The summed E-state index contributed by atoms with van der Waals surface area (Å²) in [5.41, 5.74) is 2.80. The molecule has 1 N–H and O–H groups in total. The van der Waals surface area contributed by atoms with Crippen molar-refractivity contribution in [1.29, 1.82) is 0 Å². The number of hydrogen-bond donors (Lipinski definition) is 1. The molecule has 4 heteroatoms. The number of carboxylic acids is 1. The van der Waals surface area contributed by atoms with E-state index in [-0.39, 0.29) is 12.2 Å². The molecule has 0 saturated carbocycles. The van der Waals surface area contributed by atoms with E-state index in [0.717, 1.165) is 30.5 Å². The van der Waals surface area contributed by atoms with Gasteiger partial charge in [0.1, 0.15) is 0 Å². The third kappa shape index (κ3) is 5.60. The lowest BCUT2D eigenvalue weighted by molar-refractivity contribution is -0.137. The molecule has 0 amide bonds. The van der Waals surface area contributed by atoms with Crippen molar-refractivity contribution >= 4 is 11.8 Å². The number of carboxylic acid groups (broad SMARTS) is 1. The van der Waals surface area contributed by atoms with Crippen LogP contribution in [0.25, 0.3) is 0 Å². The molecule has 1 rings (SSSR count). The minimum atomic E-state index is -0.925. The molecule has 0 fully saturated rings. The SMILES string of the molecule is CCCCN(C)CC(CC(=O)O)C(=O)c1ccc(C)c(C)c1. The molecule has 0 heterocycles. The normalized spacial score (nSPS) is 12.4. The standard InChI is InChI=1S/C18H27NO3/c1-5-6-9-19(4)12-16(11-17(20)21)18(22)15-8-7-13(2)14(3)10-15/h7-8,10,16H,5-6,9,11-12H2,1-4H3,(H,20,21). The summed E-state index contributed by atoms with van der Waals surface area (Å²) in [6, 6.07) is 5.57. The molecule has 0 spiro atoms. The van der Waals surface area contributed by atoms with Gasteiger partial charge in [-0.3, -0.25) is 9.59 Å². The molecule has 0 radical (unpaired) electrons. The van der Waals surface area contributed by atoms with Crippen LogP contribution in [-0.2, 0) is 4.79 Å². The van der Waals surface area contributed by atoms with Crippen LogP contribution in [0.5, 0.6) is 0 Å². The van der Waals surface area contributed by atoms with Crippen LogP contribution in [0.2, 0.25) is 0 Å². The number of benzene rings is 1. The summed E-state index contributed by atoms with van der Waals surface area (Å²) in [5, 5.41) is 9.10. The molecule has 122 valence electrons. The zero-order valence-electron chi connectivity index (χ0n) is 14.1. The van der Waals surface area contributed by atoms with Crippen LogP contribution in [0.15, 0.2) is 18.2 Å². The fourth-order valence-corrected chi connectivity index (χ4v) is 2.48. The number of hydrogen-bond acceptors (Lipinski definition) is 3. The van der Waals surface area contributed by atoms with Crippen molar-refractivity contribution in [1.82, 2.24) is 4.90 Å². The predicted octanol–water partition coefficient (Wildman–Crippen LogP) is 3.31. The number of rotatable bonds is 9. The number of Topliss-reactive ketones (excluding diaryl/α,β-unsaturated/α-hetero) is 1. The van der Waals surface area contributed by atoms with Crippen LogP contribution in [0.4, 0.5) is 0 Å². The molecule has 22 heavy (non-hydrogen) atoms. The lowest BCUT2D eigenvalue weighted by Crippen LogP contribution is -2.32. The summed E-state index contributed by atoms with van der Waals surface area (Å²) >= 11 is 0. The van der Waals surface area contributed by atoms with E-state index in [1.165, 1.54) is 0 Å². The van der Waals surface area contributed by atoms with Crippen LogP contribution in [0, 0.1) is 19.8 Å². The number of carbonyl (C=O) groups excluding carboxylic acids is 1. The summed E-state index contributed by atoms with van der Waals surface area (Å²) < 4.78 is 0. The third-order valence-corrected chi connectivity index (χ3v) is 4.01. The Hall–Kier alpha value is -1.68. The first-order chi connectivity index (χ1) is 10.3. The Balaban J connectivity index is 2.87. The maximum atomic E-state index is 12.7. The molecule has 0 aliphatic rings. The molecule has 0 aliphatic carbocycles. The molecule has 1 aromatic rings. The quantitative estimate of drug-likeness (QED) is 0.711. The summed E-state index contributed by atoms with van der Waals surface area (Å²) in [6.07, 6.45) is 2.01. The first kappa shape index (κ1) is 18.4. The van der Waals surface area contributed by atoms with E-state index >= 15 is 0 Å². The fourth-order valence-electron chi connectivity index (χ4n) is 2.48. The number of aliphatic carboxylic acids is 1. The average molecular weight is 305 g/mol. The summed E-state index contributed by atoms with van der Waals surface area (Å²) in [6.45, 7) is 7.44. The Labute approximate surface area is 133 Å².